The first-order valence-electron chi connectivity index (χ1n) is 38.8. The van der Waals surface area contributed by atoms with Crippen LogP contribution < -0.4 is 5.32 Å². The third kappa shape index (κ3) is 47.4. The summed E-state index contributed by atoms with van der Waals surface area (Å²) in [5.41, 5.74) is 0. The molecule has 2 heterocycles. The first-order chi connectivity index (χ1) is 47.1. The Bertz CT molecular complexity index is 2080. The number of aliphatic hydroxyl groups excluding tert-OH is 8. The second-order valence-electron chi connectivity index (χ2n) is 26.8. The summed E-state index contributed by atoms with van der Waals surface area (Å²) in [6.45, 7) is 2.75. The molecular weight excluding hydrogens is 1210 g/mol. The van der Waals surface area contributed by atoms with Gasteiger partial charge in [-0.05, 0) is 89.9 Å². The van der Waals surface area contributed by atoms with Crippen molar-refractivity contribution in [3.8, 4) is 0 Å². The summed E-state index contributed by atoms with van der Waals surface area (Å²) in [4.78, 5) is 13.4. The van der Waals surface area contributed by atoms with E-state index in [2.05, 4.69) is 141 Å². The molecule has 0 saturated carbocycles. The zero-order valence-corrected chi connectivity index (χ0v) is 60.3. The van der Waals surface area contributed by atoms with Crippen LogP contribution in [0.15, 0.2) is 122 Å². The van der Waals surface area contributed by atoms with Gasteiger partial charge in [-0.1, -0.05) is 322 Å². The van der Waals surface area contributed by atoms with Gasteiger partial charge in [0, 0.05) is 6.42 Å². The van der Waals surface area contributed by atoms with E-state index in [1.54, 1.807) is 0 Å². The number of rotatable bonds is 63. The summed E-state index contributed by atoms with van der Waals surface area (Å²) in [6, 6.07) is -0.864. The highest BCUT2D eigenvalue weighted by Crippen LogP contribution is 2.30. The van der Waals surface area contributed by atoms with Crippen molar-refractivity contribution >= 4 is 5.91 Å². The van der Waals surface area contributed by atoms with E-state index >= 15 is 0 Å². The molecule has 552 valence electrons. The Morgan fingerprint density at radius 1 is 0.385 bits per heavy atom. The first-order valence-corrected chi connectivity index (χ1v) is 38.8. The first kappa shape index (κ1) is 88.5. The molecule has 0 aromatic rings. The largest absolute Gasteiger partial charge is 0.394 e. The van der Waals surface area contributed by atoms with Crippen molar-refractivity contribution in [1.29, 1.82) is 0 Å². The molecular formula is C82H141NO13. The summed E-state index contributed by atoms with van der Waals surface area (Å²) >= 11 is 0. The second kappa shape index (κ2) is 64.7. The van der Waals surface area contributed by atoms with E-state index in [1.165, 1.54) is 161 Å². The maximum atomic E-state index is 13.4. The van der Waals surface area contributed by atoms with Crippen LogP contribution in [0.25, 0.3) is 0 Å². The Morgan fingerprint density at radius 3 is 1.08 bits per heavy atom. The van der Waals surface area contributed by atoms with Crippen molar-refractivity contribution < 1.29 is 64.6 Å². The fourth-order valence-electron chi connectivity index (χ4n) is 12.1. The molecule has 0 aromatic heterocycles. The van der Waals surface area contributed by atoms with Gasteiger partial charge in [0.15, 0.2) is 12.6 Å². The monoisotopic (exact) mass is 1350 g/mol. The standard InChI is InChI=1S/C82H141NO13/c1-3-5-7-9-11-13-15-17-19-21-23-25-27-29-31-33-34-35-36-38-40-42-44-46-48-50-52-54-56-58-60-62-64-66-74(87)83-70(69-93-81-79(92)77(90)80(73(68-85)95-81)96-82-78(91)76(89)75(88)72(67-84)94-82)71(86)65-63-61-59-57-55-53-51-49-47-45-43-41-39-37-32-30-28-26-24-22-20-18-16-14-12-10-8-6-4-2/h5,7,11,13,17,19,23,25,29,31,34-35,38,40,44,46,50,52,56,58,70-73,75-82,84-86,88-92H,3-4,6,8-10,12,14-16,18,20-22,24,26-28,30,32-33,36-37,39,41-43,45,47-49,51,53-55,57,59-69H2,1-2H3,(H,83,87)/b7-5-,13-11-,19-17-,25-23-,31-29-,35-34-,40-38-,46-44-,52-50-,58-56-. The van der Waals surface area contributed by atoms with Crippen LogP contribution in [0.5, 0.6) is 0 Å². The zero-order chi connectivity index (χ0) is 69.4. The van der Waals surface area contributed by atoms with E-state index < -0.39 is 86.8 Å². The molecule has 9 N–H and O–H groups in total. The molecule has 14 heteroatoms. The summed E-state index contributed by atoms with van der Waals surface area (Å²) in [6.07, 6.45) is 78.0. The average Bonchev–Trinajstić information content (AvgIpc) is 0.812. The van der Waals surface area contributed by atoms with Crippen LogP contribution in [0.4, 0.5) is 0 Å². The molecule has 12 atom stereocenters. The third-order valence-corrected chi connectivity index (χ3v) is 18.2. The summed E-state index contributed by atoms with van der Waals surface area (Å²) in [5, 5.41) is 87.8. The highest BCUT2D eigenvalue weighted by atomic mass is 16.7. The van der Waals surface area contributed by atoms with Crippen LogP contribution in [0, 0.1) is 0 Å². The molecule has 2 rings (SSSR count). The predicted molar refractivity (Wildman–Crippen MR) is 396 cm³/mol. The number of allylic oxidation sites excluding steroid dienone is 20. The van der Waals surface area contributed by atoms with Gasteiger partial charge in [0.1, 0.15) is 48.8 Å². The number of carbonyl (C=O) groups excluding carboxylic acids is 1. The number of hydrogen-bond donors (Lipinski definition) is 9. The molecule has 2 aliphatic heterocycles. The van der Waals surface area contributed by atoms with Crippen LogP contribution in [0.2, 0.25) is 0 Å². The Morgan fingerprint density at radius 2 is 0.719 bits per heavy atom. The van der Waals surface area contributed by atoms with Gasteiger partial charge < -0.3 is 65.1 Å². The van der Waals surface area contributed by atoms with Crippen molar-refractivity contribution in [2.24, 2.45) is 0 Å². The number of hydrogen-bond acceptors (Lipinski definition) is 13. The second-order valence-corrected chi connectivity index (χ2v) is 26.8. The minimum Gasteiger partial charge on any atom is -0.394 e. The van der Waals surface area contributed by atoms with E-state index in [4.69, 9.17) is 18.9 Å². The van der Waals surface area contributed by atoms with Gasteiger partial charge in [-0.15, -0.1) is 0 Å². The number of nitrogens with one attached hydrogen (secondary N) is 1. The maximum absolute atomic E-state index is 13.4. The van der Waals surface area contributed by atoms with E-state index in [9.17, 15) is 45.6 Å². The molecule has 0 aliphatic carbocycles. The molecule has 14 nitrogen and oxygen atoms in total. The molecule has 2 fully saturated rings. The Labute approximate surface area is 584 Å². The molecule has 96 heavy (non-hydrogen) atoms. The topological polar surface area (TPSA) is 228 Å². The number of carbonyl (C=O) groups is 1. The van der Waals surface area contributed by atoms with Gasteiger partial charge in [-0.25, -0.2) is 0 Å². The normalized spacial score (nSPS) is 22.9. The van der Waals surface area contributed by atoms with Gasteiger partial charge in [0.2, 0.25) is 5.91 Å². The van der Waals surface area contributed by atoms with Crippen LogP contribution in [-0.2, 0) is 23.7 Å². The third-order valence-electron chi connectivity index (χ3n) is 18.2. The minimum atomic E-state index is -1.79. The smallest absolute Gasteiger partial charge is 0.220 e. The lowest BCUT2D eigenvalue weighted by molar-refractivity contribution is -0.359. The molecule has 0 spiro atoms. The molecule has 0 radical (unpaired) electrons. The quantitative estimate of drug-likeness (QED) is 0.0204. The van der Waals surface area contributed by atoms with Crippen LogP contribution in [0.3, 0.4) is 0 Å². The van der Waals surface area contributed by atoms with Crippen molar-refractivity contribution in [3.05, 3.63) is 122 Å². The lowest BCUT2D eigenvalue weighted by atomic mass is 9.97. The number of ether oxygens (including phenoxy) is 4. The fourth-order valence-corrected chi connectivity index (χ4v) is 12.1. The SMILES string of the molecule is CC/C=C\C/C=C\C/C=C\C/C=C\C/C=C\C/C=C\C/C=C\C/C=C\C/C=C\C/C=C\CCCCC(=O)NC(COC1OC(CO)C(OC2OC(CO)C(O)C(O)C2O)C(O)C1O)C(O)CCCCCCCCCCCCCCCCCCCCCCCCCCCCCCC. The molecule has 1 amide bonds. The average molecular weight is 1350 g/mol. The number of aliphatic hydroxyl groups is 8. The fraction of sp³-hybridized carbons (Fsp3) is 0.744. The van der Waals surface area contributed by atoms with E-state index in [0.717, 1.165) is 103 Å². The summed E-state index contributed by atoms with van der Waals surface area (Å²) < 4.78 is 22.9. The van der Waals surface area contributed by atoms with Crippen LogP contribution in [0.1, 0.15) is 296 Å². The minimum absolute atomic E-state index is 0.241. The number of amides is 1. The van der Waals surface area contributed by atoms with Crippen LogP contribution >= 0.6 is 0 Å². The Balaban J connectivity index is 1.67. The molecule has 2 aliphatic rings. The van der Waals surface area contributed by atoms with E-state index in [1.807, 2.05) is 0 Å². The predicted octanol–water partition coefficient (Wildman–Crippen LogP) is 17.2. The van der Waals surface area contributed by atoms with E-state index in [0.29, 0.717) is 12.8 Å². The Kier molecular flexibility index (Phi) is 59.7. The van der Waals surface area contributed by atoms with E-state index in [-0.39, 0.29) is 18.9 Å². The van der Waals surface area contributed by atoms with Crippen molar-refractivity contribution in [2.75, 3.05) is 19.8 Å². The molecule has 12 unspecified atom stereocenters. The summed E-state index contributed by atoms with van der Waals surface area (Å²) in [5.74, 6) is -0.250. The van der Waals surface area contributed by atoms with Gasteiger partial charge in [-0.2, -0.15) is 0 Å². The molecule has 0 bridgehead atoms. The van der Waals surface area contributed by atoms with Gasteiger partial charge in [-0.3, -0.25) is 4.79 Å². The van der Waals surface area contributed by atoms with Gasteiger partial charge >= 0.3 is 0 Å². The highest BCUT2D eigenvalue weighted by molar-refractivity contribution is 5.76. The molecule has 0 aromatic carbocycles. The van der Waals surface area contributed by atoms with Gasteiger partial charge in [0.05, 0.1) is 32.0 Å². The van der Waals surface area contributed by atoms with Gasteiger partial charge in [0.25, 0.3) is 0 Å². The van der Waals surface area contributed by atoms with Crippen molar-refractivity contribution in [3.63, 3.8) is 0 Å². The van der Waals surface area contributed by atoms with Crippen molar-refractivity contribution in [2.45, 2.75) is 370 Å². The van der Waals surface area contributed by atoms with Crippen molar-refractivity contribution in [1.82, 2.24) is 5.32 Å². The zero-order valence-electron chi connectivity index (χ0n) is 60.3. The number of unbranched alkanes of at least 4 members (excludes halogenated alkanes) is 30. The lowest BCUT2D eigenvalue weighted by Crippen LogP contribution is -2.65. The maximum Gasteiger partial charge on any atom is 0.220 e. The molecule has 2 saturated heterocycles. The lowest BCUT2D eigenvalue weighted by Gasteiger charge is -2.46. The summed E-state index contributed by atoms with van der Waals surface area (Å²) in [7, 11) is 0. The highest BCUT2D eigenvalue weighted by Gasteiger charge is 2.51. The van der Waals surface area contributed by atoms with Crippen LogP contribution in [-0.4, -0.2) is 140 Å². The Hall–Kier alpha value is -3.61.